The zero-order valence-electron chi connectivity index (χ0n) is 4.61. The van der Waals surface area contributed by atoms with Crippen molar-refractivity contribution >= 4 is 0 Å². The van der Waals surface area contributed by atoms with Crippen LogP contribution in [0.4, 0.5) is 13.4 Å². The molecule has 50 valence electrons. The average Bonchev–Trinajstić information content (AvgIpc) is 1.64. The second-order valence-corrected chi connectivity index (χ2v) is 1.60. The first-order chi connectivity index (χ1) is 3.55. The van der Waals surface area contributed by atoms with E-state index in [1.165, 1.54) is 13.8 Å². The second kappa shape index (κ2) is 2.88. The molecule has 0 aliphatic carbocycles. The quantitative estimate of drug-likeness (QED) is 0.411. The van der Waals surface area contributed by atoms with Crippen LogP contribution in [0, 0.1) is 0 Å². The Bertz CT molecular complexity index is 57.5. The fourth-order valence-corrected chi connectivity index (χ4v) is 0.175. The molecule has 5 heteroatoms. The van der Waals surface area contributed by atoms with Gasteiger partial charge in [0.1, 0.15) is 5.45 Å². The molecule has 0 aromatic heterocycles. The Kier molecular flexibility index (Phi) is 2.78. The van der Waals surface area contributed by atoms with Gasteiger partial charge in [-0.1, -0.05) is 8.96 Å². The van der Waals surface area contributed by atoms with Gasteiger partial charge < -0.3 is 0 Å². The van der Waals surface area contributed by atoms with Gasteiger partial charge in [0.15, 0.2) is 0 Å². The van der Waals surface area contributed by atoms with Crippen molar-refractivity contribution in [3.63, 3.8) is 0 Å². The van der Waals surface area contributed by atoms with Crippen LogP contribution in [0.25, 0.3) is 0 Å². The van der Waals surface area contributed by atoms with Crippen LogP contribution in [-0.2, 0) is 0 Å². The molecule has 8 heavy (non-hydrogen) atoms. The summed E-state index contributed by atoms with van der Waals surface area (Å²) in [5.41, 5.74) is -1.59. The summed E-state index contributed by atoms with van der Waals surface area (Å²) in [6.45, 7) is 2.62. The van der Waals surface area contributed by atoms with Gasteiger partial charge in [0.25, 0.3) is 0 Å². The van der Waals surface area contributed by atoms with E-state index in [0.717, 1.165) is 0 Å². The number of halogens is 3. The molecule has 0 unspecified atom stereocenters. The van der Waals surface area contributed by atoms with E-state index < -0.39 is 16.7 Å². The third kappa shape index (κ3) is 2.13. The third-order valence-electron chi connectivity index (χ3n) is 0.571. The van der Waals surface area contributed by atoms with Crippen molar-refractivity contribution in [2.45, 2.75) is 19.9 Å². The van der Waals surface area contributed by atoms with Crippen LogP contribution in [0.2, 0.25) is 0 Å². The molecule has 0 heterocycles. The van der Waals surface area contributed by atoms with E-state index in [2.05, 4.69) is 0 Å². The Morgan fingerprint density at radius 3 is 1.50 bits per heavy atom. The molecule has 0 spiro atoms. The van der Waals surface area contributed by atoms with Crippen molar-refractivity contribution in [3.8, 4) is 0 Å². The number of nitrogens with zero attached hydrogens (tertiary/aromatic N) is 2. The fourth-order valence-electron chi connectivity index (χ4n) is 0.175. The van der Waals surface area contributed by atoms with Crippen LogP contribution in [0.15, 0.2) is 0 Å². The number of rotatable bonds is 2. The van der Waals surface area contributed by atoms with Gasteiger partial charge in [-0.3, -0.25) is 0 Å². The minimum absolute atomic E-state index is 0.667. The van der Waals surface area contributed by atoms with Gasteiger partial charge in [0.2, 0.25) is 0 Å². The maximum absolute atomic E-state index is 11.7. The van der Waals surface area contributed by atoms with Crippen molar-refractivity contribution in [2.75, 3.05) is 0 Å². The van der Waals surface area contributed by atoms with E-state index in [-0.39, 0.29) is 0 Å². The van der Waals surface area contributed by atoms with E-state index in [4.69, 9.17) is 0 Å². The monoisotopic (exact) mass is 128 g/mol. The van der Waals surface area contributed by atoms with Crippen LogP contribution >= 0.6 is 0 Å². The first kappa shape index (κ1) is 7.71. The third-order valence-corrected chi connectivity index (χ3v) is 0.571. The summed E-state index contributed by atoms with van der Waals surface area (Å²) in [6, 6.07) is -0.815. The largest absolute Gasteiger partial charge is 0.127 e. The Hall–Kier alpha value is -0.290. The van der Waals surface area contributed by atoms with Crippen molar-refractivity contribution < 1.29 is 13.4 Å². The van der Waals surface area contributed by atoms with E-state index in [0.29, 0.717) is 0 Å². The van der Waals surface area contributed by atoms with Crippen molar-refractivity contribution in [2.24, 2.45) is 0 Å². The average molecular weight is 128 g/mol. The maximum Gasteiger partial charge on any atom is 0.127 e. The highest BCUT2D eigenvalue weighted by Crippen LogP contribution is 2.04. The lowest BCUT2D eigenvalue weighted by Crippen LogP contribution is -2.29. The summed E-state index contributed by atoms with van der Waals surface area (Å²) >= 11 is 0. The van der Waals surface area contributed by atoms with Crippen LogP contribution in [0.1, 0.15) is 13.8 Å². The molecule has 0 fully saturated rings. The zero-order chi connectivity index (χ0) is 6.73. The molecule has 0 atom stereocenters. The van der Waals surface area contributed by atoms with Crippen LogP contribution in [-0.4, -0.2) is 16.7 Å². The van der Waals surface area contributed by atoms with E-state index in [9.17, 15) is 13.4 Å². The highest BCUT2D eigenvalue weighted by Gasteiger charge is 2.16. The Morgan fingerprint density at radius 2 is 1.50 bits per heavy atom. The van der Waals surface area contributed by atoms with Gasteiger partial charge in [0, 0.05) is 0 Å². The summed E-state index contributed by atoms with van der Waals surface area (Å²) in [5, 5.41) is -0.667. The summed E-state index contributed by atoms with van der Waals surface area (Å²) < 4.78 is 33.8. The van der Waals surface area contributed by atoms with Gasteiger partial charge in [-0.15, -0.1) is 4.48 Å². The molecular formula is C3H7F3N2. The molecular weight excluding hydrogens is 121 g/mol. The normalized spacial score (nSPS) is 12.0. The molecule has 0 rings (SSSR count). The lowest BCUT2D eigenvalue weighted by molar-refractivity contribution is -0.381. The van der Waals surface area contributed by atoms with Crippen molar-refractivity contribution in [1.29, 1.82) is 0 Å². The minimum atomic E-state index is -1.59. The zero-order valence-corrected chi connectivity index (χ0v) is 4.61. The first-order valence-electron chi connectivity index (χ1n) is 2.12. The van der Waals surface area contributed by atoms with Gasteiger partial charge in [-0.25, -0.2) is 0 Å². The van der Waals surface area contributed by atoms with Gasteiger partial charge >= 0.3 is 0 Å². The second-order valence-electron chi connectivity index (χ2n) is 1.60. The SMILES string of the molecule is CC(C)N(F)N(F)F. The standard InChI is InChI=1S/C3H7F3N2/c1-3(2)7(4)8(5)6/h3H,1-2H3. The van der Waals surface area contributed by atoms with Crippen LogP contribution in [0.5, 0.6) is 0 Å². The molecule has 0 saturated heterocycles. The van der Waals surface area contributed by atoms with Gasteiger partial charge in [-0.05, 0) is 19.1 Å². The molecule has 0 aromatic carbocycles. The van der Waals surface area contributed by atoms with Crippen LogP contribution < -0.4 is 0 Å². The Balaban J connectivity index is 3.46. The molecule has 0 aliphatic rings. The molecule has 0 bridgehead atoms. The minimum Gasteiger partial charge on any atom is -0.113 e. The van der Waals surface area contributed by atoms with Gasteiger partial charge in [0.05, 0.1) is 6.04 Å². The number of hydrogen-bond donors (Lipinski definition) is 0. The molecule has 0 radical (unpaired) electrons. The van der Waals surface area contributed by atoms with Crippen LogP contribution in [0.3, 0.4) is 0 Å². The van der Waals surface area contributed by atoms with Crippen molar-refractivity contribution in [3.05, 3.63) is 0 Å². The summed E-state index contributed by atoms with van der Waals surface area (Å²) in [6.07, 6.45) is 0. The molecule has 0 aliphatic heterocycles. The molecule has 0 aromatic rings. The van der Waals surface area contributed by atoms with E-state index in [1.54, 1.807) is 0 Å². The molecule has 0 amide bonds. The predicted molar refractivity (Wildman–Crippen MR) is 22.1 cm³/mol. The van der Waals surface area contributed by atoms with E-state index >= 15 is 0 Å². The Labute approximate surface area is 45.3 Å². The number of hydrogen-bond acceptors (Lipinski definition) is 2. The maximum atomic E-state index is 11.7. The predicted octanol–water partition coefficient (Wildman–Crippen LogP) is 1.57. The Morgan fingerprint density at radius 1 is 1.12 bits per heavy atom. The number of hydrazine groups is 1. The highest BCUT2D eigenvalue weighted by atomic mass is 19.4. The first-order valence-corrected chi connectivity index (χ1v) is 2.12. The van der Waals surface area contributed by atoms with Crippen molar-refractivity contribution in [1.82, 2.24) is 10.7 Å². The molecule has 0 N–H and O–H groups in total. The smallest absolute Gasteiger partial charge is 0.113 e. The molecule has 2 nitrogen and oxygen atoms in total. The topological polar surface area (TPSA) is 6.48 Å². The summed E-state index contributed by atoms with van der Waals surface area (Å²) in [4.78, 5) is 0. The lowest BCUT2D eigenvalue weighted by atomic mass is 10.4. The summed E-state index contributed by atoms with van der Waals surface area (Å²) in [7, 11) is 0. The summed E-state index contributed by atoms with van der Waals surface area (Å²) in [5.74, 6) is 0. The van der Waals surface area contributed by atoms with E-state index in [1.807, 2.05) is 0 Å². The fraction of sp³-hybridized carbons (Fsp3) is 1.00. The highest BCUT2D eigenvalue weighted by molar-refractivity contribution is 4.38. The molecule has 0 saturated carbocycles. The van der Waals surface area contributed by atoms with Gasteiger partial charge in [-0.2, -0.15) is 0 Å². The lowest BCUT2D eigenvalue weighted by Gasteiger charge is -2.12.